The van der Waals surface area contributed by atoms with E-state index in [9.17, 15) is 0 Å². The minimum absolute atomic E-state index is 0.275. The summed E-state index contributed by atoms with van der Waals surface area (Å²) < 4.78 is 5.36. The topological polar surface area (TPSA) is 42.2 Å². The Hall–Kier alpha value is -1.68. The summed E-state index contributed by atoms with van der Waals surface area (Å²) in [6.07, 6.45) is 2.30. The van der Waals surface area contributed by atoms with Gasteiger partial charge in [0, 0.05) is 6.54 Å². The number of aromatic nitrogens is 2. The quantitative estimate of drug-likeness (QED) is 0.858. The van der Waals surface area contributed by atoms with Gasteiger partial charge < -0.3 is 4.52 Å². The molecular weight excluding hydrogens is 250 g/mol. The molecule has 0 bridgehead atoms. The second-order valence-electron chi connectivity index (χ2n) is 5.74. The Morgan fingerprint density at radius 3 is 2.85 bits per heavy atom. The van der Waals surface area contributed by atoms with E-state index in [0.717, 1.165) is 31.2 Å². The van der Waals surface area contributed by atoms with Crippen LogP contribution >= 0.6 is 0 Å². The lowest BCUT2D eigenvalue weighted by Gasteiger charge is -2.22. The summed E-state index contributed by atoms with van der Waals surface area (Å²) in [5.74, 6) is 1.49. The van der Waals surface area contributed by atoms with Crippen molar-refractivity contribution in [3.05, 3.63) is 46.6 Å². The summed E-state index contributed by atoms with van der Waals surface area (Å²) in [6, 6.07) is 6.94. The lowest BCUT2D eigenvalue weighted by atomic mass is 10.0. The van der Waals surface area contributed by atoms with Crippen LogP contribution in [0.3, 0.4) is 0 Å². The van der Waals surface area contributed by atoms with Crippen molar-refractivity contribution < 1.29 is 4.52 Å². The van der Waals surface area contributed by atoms with Crippen molar-refractivity contribution in [3.63, 3.8) is 0 Å². The first-order valence-corrected chi connectivity index (χ1v) is 7.24. The van der Waals surface area contributed by atoms with Gasteiger partial charge >= 0.3 is 0 Å². The lowest BCUT2D eigenvalue weighted by Crippen LogP contribution is -2.23. The van der Waals surface area contributed by atoms with E-state index in [-0.39, 0.29) is 6.04 Å². The van der Waals surface area contributed by atoms with Crippen LogP contribution in [0.5, 0.6) is 0 Å². The summed E-state index contributed by atoms with van der Waals surface area (Å²) in [5.41, 5.74) is 4.06. The highest BCUT2D eigenvalue weighted by molar-refractivity contribution is 5.30. The minimum atomic E-state index is 0.275. The van der Waals surface area contributed by atoms with Gasteiger partial charge in [-0.05, 0) is 51.3 Å². The molecule has 1 fully saturated rings. The molecule has 0 radical (unpaired) electrons. The minimum Gasteiger partial charge on any atom is -0.338 e. The Morgan fingerprint density at radius 1 is 1.30 bits per heavy atom. The van der Waals surface area contributed by atoms with Crippen LogP contribution in [0, 0.1) is 20.8 Å². The monoisotopic (exact) mass is 271 g/mol. The molecule has 0 amide bonds. The SMILES string of the molecule is Cc1ccc(CN2CCCC2c2nc(C)no2)c(C)c1. The normalized spacial score (nSPS) is 19.6. The van der Waals surface area contributed by atoms with Gasteiger partial charge in [-0.3, -0.25) is 4.90 Å². The Bertz CT molecular complexity index is 606. The predicted molar refractivity (Wildman–Crippen MR) is 77.3 cm³/mol. The first kappa shape index (κ1) is 13.3. The molecule has 1 aliphatic rings. The zero-order valence-electron chi connectivity index (χ0n) is 12.4. The Labute approximate surface area is 119 Å². The first-order chi connectivity index (χ1) is 9.63. The number of rotatable bonds is 3. The van der Waals surface area contributed by atoms with Crippen LogP contribution in [0.4, 0.5) is 0 Å². The van der Waals surface area contributed by atoms with Gasteiger partial charge in [-0.15, -0.1) is 0 Å². The molecule has 1 aromatic heterocycles. The van der Waals surface area contributed by atoms with Gasteiger partial charge in [-0.2, -0.15) is 4.98 Å². The van der Waals surface area contributed by atoms with Gasteiger partial charge in [0.2, 0.25) is 5.89 Å². The third-order valence-corrected chi connectivity index (χ3v) is 4.06. The summed E-state index contributed by atoms with van der Waals surface area (Å²) in [5, 5.41) is 3.92. The largest absolute Gasteiger partial charge is 0.338 e. The molecule has 1 aromatic carbocycles. The van der Waals surface area contributed by atoms with E-state index in [4.69, 9.17) is 4.52 Å². The van der Waals surface area contributed by atoms with Crippen molar-refractivity contribution in [3.8, 4) is 0 Å². The molecule has 1 saturated heterocycles. The standard InChI is InChI=1S/C16H21N3O/c1-11-6-7-14(12(2)9-11)10-19-8-4-5-15(19)16-17-13(3)18-20-16/h6-7,9,15H,4-5,8,10H2,1-3H3. The number of benzene rings is 1. The van der Waals surface area contributed by atoms with Crippen molar-refractivity contribution in [2.24, 2.45) is 0 Å². The van der Waals surface area contributed by atoms with Crippen LogP contribution < -0.4 is 0 Å². The summed E-state index contributed by atoms with van der Waals surface area (Å²) >= 11 is 0. The van der Waals surface area contributed by atoms with Gasteiger partial charge in [0.15, 0.2) is 5.82 Å². The van der Waals surface area contributed by atoms with E-state index in [1.54, 1.807) is 0 Å². The van der Waals surface area contributed by atoms with Crippen molar-refractivity contribution in [1.82, 2.24) is 15.0 Å². The molecular formula is C16H21N3O. The molecule has 2 heterocycles. The fraction of sp³-hybridized carbons (Fsp3) is 0.500. The molecule has 1 aliphatic heterocycles. The highest BCUT2D eigenvalue weighted by Crippen LogP contribution is 2.32. The Balaban J connectivity index is 1.79. The maximum absolute atomic E-state index is 5.36. The van der Waals surface area contributed by atoms with E-state index >= 15 is 0 Å². The molecule has 4 nitrogen and oxygen atoms in total. The fourth-order valence-electron chi connectivity index (χ4n) is 2.99. The summed E-state index contributed by atoms with van der Waals surface area (Å²) in [6.45, 7) is 8.24. The zero-order valence-corrected chi connectivity index (χ0v) is 12.4. The van der Waals surface area contributed by atoms with Crippen LogP contribution in [-0.2, 0) is 6.54 Å². The molecule has 0 aliphatic carbocycles. The number of hydrogen-bond donors (Lipinski definition) is 0. The first-order valence-electron chi connectivity index (χ1n) is 7.24. The molecule has 0 N–H and O–H groups in total. The highest BCUT2D eigenvalue weighted by atomic mass is 16.5. The molecule has 4 heteroatoms. The van der Waals surface area contributed by atoms with E-state index in [0.29, 0.717) is 0 Å². The molecule has 106 valence electrons. The average molecular weight is 271 g/mol. The van der Waals surface area contributed by atoms with E-state index in [1.807, 2.05) is 6.92 Å². The van der Waals surface area contributed by atoms with Crippen molar-refractivity contribution in [2.75, 3.05) is 6.54 Å². The molecule has 0 spiro atoms. The second-order valence-corrected chi connectivity index (χ2v) is 5.74. The van der Waals surface area contributed by atoms with Gasteiger partial charge in [0.25, 0.3) is 0 Å². The second kappa shape index (κ2) is 5.37. The average Bonchev–Trinajstić information content (AvgIpc) is 3.01. The zero-order chi connectivity index (χ0) is 14.1. The molecule has 1 atom stereocenters. The van der Waals surface area contributed by atoms with Crippen molar-refractivity contribution >= 4 is 0 Å². The van der Waals surface area contributed by atoms with Crippen LogP contribution in [-0.4, -0.2) is 21.6 Å². The van der Waals surface area contributed by atoms with E-state index < -0.39 is 0 Å². The molecule has 2 aromatic rings. The van der Waals surface area contributed by atoms with Gasteiger partial charge in [-0.1, -0.05) is 28.9 Å². The molecule has 0 saturated carbocycles. The fourth-order valence-corrected chi connectivity index (χ4v) is 2.99. The van der Waals surface area contributed by atoms with E-state index in [1.165, 1.54) is 23.1 Å². The number of likely N-dealkylation sites (tertiary alicyclic amines) is 1. The highest BCUT2D eigenvalue weighted by Gasteiger charge is 2.30. The Kier molecular flexibility index (Phi) is 3.57. The molecule has 3 rings (SSSR count). The Morgan fingerprint density at radius 2 is 2.15 bits per heavy atom. The maximum atomic E-state index is 5.36. The van der Waals surface area contributed by atoms with Crippen LogP contribution in [0.15, 0.2) is 22.7 Å². The summed E-state index contributed by atoms with van der Waals surface area (Å²) in [7, 11) is 0. The van der Waals surface area contributed by atoms with Crippen LogP contribution in [0.25, 0.3) is 0 Å². The number of aryl methyl sites for hydroxylation is 3. The van der Waals surface area contributed by atoms with Crippen LogP contribution in [0.1, 0.15) is 47.3 Å². The third kappa shape index (κ3) is 2.61. The lowest BCUT2D eigenvalue weighted by molar-refractivity contribution is 0.200. The number of nitrogens with zero attached hydrogens (tertiary/aromatic N) is 3. The molecule has 20 heavy (non-hydrogen) atoms. The smallest absolute Gasteiger partial charge is 0.243 e. The predicted octanol–water partition coefficient (Wildman–Crippen LogP) is 3.33. The maximum Gasteiger partial charge on any atom is 0.243 e. The van der Waals surface area contributed by atoms with Crippen molar-refractivity contribution in [2.45, 2.75) is 46.2 Å². The summed E-state index contributed by atoms with van der Waals surface area (Å²) in [4.78, 5) is 6.85. The number of hydrogen-bond acceptors (Lipinski definition) is 4. The van der Waals surface area contributed by atoms with E-state index in [2.05, 4.69) is 47.1 Å². The van der Waals surface area contributed by atoms with Gasteiger partial charge in [-0.25, -0.2) is 0 Å². The van der Waals surface area contributed by atoms with Gasteiger partial charge in [0.05, 0.1) is 6.04 Å². The van der Waals surface area contributed by atoms with Gasteiger partial charge in [0.1, 0.15) is 0 Å². The third-order valence-electron chi connectivity index (χ3n) is 4.06. The van der Waals surface area contributed by atoms with Crippen LogP contribution in [0.2, 0.25) is 0 Å². The molecule has 1 unspecified atom stereocenters. The van der Waals surface area contributed by atoms with Crippen molar-refractivity contribution in [1.29, 1.82) is 0 Å².